The summed E-state index contributed by atoms with van der Waals surface area (Å²) in [5.74, 6) is -3.74. The summed E-state index contributed by atoms with van der Waals surface area (Å²) in [5, 5.41) is 66.2. The predicted octanol–water partition coefficient (Wildman–Crippen LogP) is 0.302. The van der Waals surface area contributed by atoms with E-state index in [2.05, 4.69) is 81.1 Å². The average molecular weight is 1350 g/mol. The van der Waals surface area contributed by atoms with Gasteiger partial charge in [-0.1, -0.05) is 12.8 Å². The van der Waals surface area contributed by atoms with E-state index in [0.717, 1.165) is 40.8 Å². The van der Waals surface area contributed by atoms with Crippen molar-refractivity contribution in [1.29, 1.82) is 10.8 Å². The summed E-state index contributed by atoms with van der Waals surface area (Å²) in [6.45, 7) is 1.32. The van der Waals surface area contributed by atoms with Gasteiger partial charge >= 0.3 is 11.9 Å². The van der Waals surface area contributed by atoms with Crippen LogP contribution in [-0.2, 0) is 47.7 Å². The van der Waals surface area contributed by atoms with Gasteiger partial charge in [0.1, 0.15) is 12.1 Å². The standard InChI is InChI=1S/C55H78IN13O15S2/c56-35-11-9-32(10-12-35)51(76)63-36-26-33(49(74)61-15-19-83-23-21-81-17-13-59-45(72)28-37(52(77)78)64-43(70)7-3-1-5-41-47-39(30-85-41)66-54(57)68-47)25-34(27-36)50(75)62-16-20-84-24-22-82-18-14-60-46(73)29-38(53(79)80)65-44(71)8-4-2-6-42-48-40(31-86-42)67-55(58)69-48/h9-12,25-27,37-42,47-48H,1-8,13-24,28-31H2,(H,59,72)(H,60,73)(H,61,74)(H,62,75)(H,63,76)(H,64,70)(H,65,71)(H,77,78)(H,79,80)(H3,57,66,68)(H3,58,67,69)/t37-,38-,39-,40-,41-,42-,47-,48-/m0/s1. The molecule has 0 saturated carbocycles. The first-order valence-corrected chi connectivity index (χ1v) is 31.7. The molecule has 15 N–H and O–H groups in total. The molecule has 4 aliphatic rings. The van der Waals surface area contributed by atoms with Crippen LogP contribution in [0.5, 0.6) is 0 Å². The zero-order valence-corrected chi connectivity index (χ0v) is 51.3. The topological polar surface area (TPSA) is 411 Å². The Balaban J connectivity index is 0.801. The number of ether oxygens (including phenoxy) is 4. The Bertz CT molecular complexity index is 2540. The second kappa shape index (κ2) is 36.6. The first-order valence-electron chi connectivity index (χ1n) is 28.6. The maximum atomic E-state index is 13.3. The molecule has 0 aromatic heterocycles. The molecule has 31 heteroatoms. The highest BCUT2D eigenvalue weighted by Crippen LogP contribution is 2.34. The molecule has 28 nitrogen and oxygen atoms in total. The fourth-order valence-electron chi connectivity index (χ4n) is 9.67. The SMILES string of the molecule is N=C1N[C@H]2[C@H](CS[C@H]2CCCCC(=O)N[C@@H](CC(=O)NCCOCCOCCNC(=O)c2cc(NC(=O)c3ccc(I)cc3)cc(C(=O)NCCOCCOCCNC(=O)C[C@H](NC(=O)CCCC[C@@H]3SC[C@@H]4NC(=N)N[C@@H]43)C(=O)O)c2)C(=O)O)N1. The van der Waals surface area contributed by atoms with Gasteiger partial charge in [0.05, 0.1) is 89.9 Å². The van der Waals surface area contributed by atoms with E-state index in [0.29, 0.717) is 40.8 Å². The highest BCUT2D eigenvalue weighted by atomic mass is 127. The molecule has 2 aromatic rings. The Hall–Kier alpha value is -6.52. The number of guanidine groups is 2. The summed E-state index contributed by atoms with van der Waals surface area (Å²) in [6.07, 6.45) is 3.75. The van der Waals surface area contributed by atoms with Crippen LogP contribution in [0.1, 0.15) is 95.3 Å². The molecule has 0 spiro atoms. The molecule has 8 atom stereocenters. The number of fused-ring (bicyclic) bond motifs is 2. The van der Waals surface area contributed by atoms with E-state index in [-0.39, 0.29) is 133 Å². The van der Waals surface area contributed by atoms with Crippen molar-refractivity contribution in [2.24, 2.45) is 0 Å². The monoisotopic (exact) mass is 1350 g/mol. The molecular weight excluding hydrogens is 1270 g/mol. The van der Waals surface area contributed by atoms with Crippen molar-refractivity contribution in [2.75, 3.05) is 95.9 Å². The Morgan fingerprint density at radius 2 is 0.930 bits per heavy atom. The third-order valence-corrected chi connectivity index (χ3v) is 17.8. The van der Waals surface area contributed by atoms with Crippen molar-refractivity contribution in [2.45, 2.75) is 111 Å². The number of benzene rings is 2. The number of aliphatic carboxylic acids is 2. The summed E-state index contributed by atoms with van der Waals surface area (Å²) in [7, 11) is 0. The van der Waals surface area contributed by atoms with Crippen molar-refractivity contribution < 1.29 is 72.3 Å². The molecule has 0 bridgehead atoms. The number of hydrogen-bond donors (Lipinski definition) is 15. The lowest BCUT2D eigenvalue weighted by molar-refractivity contribution is -0.143. The van der Waals surface area contributed by atoms with Gasteiger partial charge in [-0.05, 0) is 90.7 Å². The van der Waals surface area contributed by atoms with Gasteiger partial charge in [-0.3, -0.25) is 44.4 Å². The van der Waals surface area contributed by atoms with E-state index in [4.69, 9.17) is 29.8 Å². The van der Waals surface area contributed by atoms with Crippen molar-refractivity contribution in [3.63, 3.8) is 0 Å². The second-order valence-electron chi connectivity index (χ2n) is 20.6. The molecule has 86 heavy (non-hydrogen) atoms. The van der Waals surface area contributed by atoms with Crippen LogP contribution in [0.25, 0.3) is 0 Å². The van der Waals surface area contributed by atoms with Crippen LogP contribution in [0.3, 0.4) is 0 Å². The van der Waals surface area contributed by atoms with Crippen molar-refractivity contribution in [3.8, 4) is 0 Å². The summed E-state index contributed by atoms with van der Waals surface area (Å²) in [5.41, 5.74) is 0.720. The quantitative estimate of drug-likeness (QED) is 0.0315. The second-order valence-corrected chi connectivity index (χ2v) is 24.4. The van der Waals surface area contributed by atoms with Gasteiger partial charge in [0, 0.05) is 87.0 Å². The minimum Gasteiger partial charge on any atom is -0.480 e. The van der Waals surface area contributed by atoms with Gasteiger partial charge < -0.3 is 87.6 Å². The van der Waals surface area contributed by atoms with Gasteiger partial charge in [0.15, 0.2) is 11.9 Å². The van der Waals surface area contributed by atoms with Crippen LogP contribution in [0.15, 0.2) is 42.5 Å². The maximum Gasteiger partial charge on any atom is 0.326 e. The number of amides is 7. The predicted molar refractivity (Wildman–Crippen MR) is 328 cm³/mol. The molecule has 4 fully saturated rings. The Morgan fingerprint density at radius 3 is 1.34 bits per heavy atom. The van der Waals surface area contributed by atoms with Crippen molar-refractivity contribution in [1.82, 2.24) is 53.2 Å². The van der Waals surface area contributed by atoms with Crippen LogP contribution >= 0.6 is 46.1 Å². The average Bonchev–Trinajstić information content (AvgIpc) is 2.61. The molecule has 472 valence electrons. The lowest BCUT2D eigenvalue weighted by Gasteiger charge is -2.17. The molecule has 0 radical (unpaired) electrons. The number of carbonyl (C=O) groups is 9. The number of anilines is 1. The normalized spacial score (nSPS) is 19.7. The largest absolute Gasteiger partial charge is 0.480 e. The number of nitrogens with one attached hydrogen (secondary N) is 13. The molecule has 2 aromatic carbocycles. The molecular formula is C55H78IN13O15S2. The number of hydrogen-bond acceptors (Lipinski definition) is 17. The lowest BCUT2D eigenvalue weighted by atomic mass is 10.0. The zero-order valence-electron chi connectivity index (χ0n) is 47.5. The first-order chi connectivity index (χ1) is 41.4. The molecule has 7 amide bonds. The highest BCUT2D eigenvalue weighted by molar-refractivity contribution is 14.1. The van der Waals surface area contributed by atoms with Gasteiger partial charge in [-0.2, -0.15) is 23.5 Å². The number of halogens is 1. The van der Waals surface area contributed by atoms with Crippen LogP contribution in [0.4, 0.5) is 5.69 Å². The van der Waals surface area contributed by atoms with Crippen LogP contribution in [0.2, 0.25) is 0 Å². The summed E-state index contributed by atoms with van der Waals surface area (Å²) >= 11 is 5.78. The van der Waals surface area contributed by atoms with Crippen LogP contribution < -0.4 is 58.5 Å². The Morgan fingerprint density at radius 1 is 0.523 bits per heavy atom. The zero-order chi connectivity index (χ0) is 61.8. The number of rotatable bonds is 40. The fourth-order valence-corrected chi connectivity index (χ4v) is 13.1. The van der Waals surface area contributed by atoms with E-state index >= 15 is 0 Å². The summed E-state index contributed by atoms with van der Waals surface area (Å²) < 4.78 is 23.0. The van der Waals surface area contributed by atoms with E-state index in [1.807, 2.05) is 23.5 Å². The molecule has 4 aliphatic heterocycles. The van der Waals surface area contributed by atoms with Gasteiger partial charge in [-0.15, -0.1) is 0 Å². The number of carboxylic acids is 2. The number of thioether (sulfide) groups is 2. The van der Waals surface area contributed by atoms with Gasteiger partial charge in [0.25, 0.3) is 17.7 Å². The molecule has 0 aliphatic carbocycles. The smallest absolute Gasteiger partial charge is 0.326 e. The number of carbonyl (C=O) groups excluding carboxylic acids is 7. The molecule has 6 rings (SSSR count). The maximum absolute atomic E-state index is 13.3. The van der Waals surface area contributed by atoms with E-state index in [9.17, 15) is 53.4 Å². The number of carboxylic acid groups (broad SMARTS) is 2. The van der Waals surface area contributed by atoms with Crippen LogP contribution in [-0.4, -0.2) is 213 Å². The van der Waals surface area contributed by atoms with Gasteiger partial charge in [0.2, 0.25) is 23.6 Å². The Labute approximate surface area is 520 Å². The van der Waals surface area contributed by atoms with Crippen molar-refractivity contribution in [3.05, 3.63) is 62.7 Å². The van der Waals surface area contributed by atoms with Crippen molar-refractivity contribution >= 4 is 117 Å². The molecule has 4 heterocycles. The van der Waals surface area contributed by atoms with Gasteiger partial charge in [-0.25, -0.2) is 9.59 Å². The number of unbranched alkanes of at least 4 members (excludes halogenated alkanes) is 2. The van der Waals surface area contributed by atoms with E-state index in [1.54, 1.807) is 24.3 Å². The third-order valence-electron chi connectivity index (χ3n) is 14.0. The summed E-state index contributed by atoms with van der Waals surface area (Å²) in [6, 6.07) is 9.15. The fraction of sp³-hybridized carbons (Fsp3) is 0.582. The highest BCUT2D eigenvalue weighted by Gasteiger charge is 2.42. The lowest BCUT2D eigenvalue weighted by Crippen LogP contribution is -2.44. The van der Waals surface area contributed by atoms with E-state index in [1.165, 1.54) is 18.2 Å². The van der Waals surface area contributed by atoms with E-state index < -0.39 is 78.2 Å². The minimum atomic E-state index is -1.38. The Kier molecular flexibility index (Phi) is 29.2. The molecule has 4 saturated heterocycles. The third kappa shape index (κ3) is 24.0. The molecule has 0 unspecified atom stereocenters. The minimum absolute atomic E-state index is 0.0812. The van der Waals surface area contributed by atoms with Crippen LogP contribution in [0, 0.1) is 14.4 Å². The summed E-state index contributed by atoms with van der Waals surface area (Å²) in [4.78, 5) is 113. The first kappa shape index (κ1) is 68.6.